The van der Waals surface area contributed by atoms with E-state index >= 15 is 0 Å². The normalized spacial score (nSPS) is 8.38. The van der Waals surface area contributed by atoms with Gasteiger partial charge in [-0.1, -0.05) is 48.1 Å². The minimum absolute atomic E-state index is 0. The molecule has 0 aliphatic carbocycles. The van der Waals surface area contributed by atoms with Crippen LogP contribution in [0.25, 0.3) is 5.52 Å². The monoisotopic (exact) mass is 222 g/mol. The molecule has 0 amide bonds. The van der Waals surface area contributed by atoms with Gasteiger partial charge in [0.15, 0.2) is 0 Å². The highest BCUT2D eigenvalue weighted by molar-refractivity contribution is 5.44. The van der Waals surface area contributed by atoms with Crippen LogP contribution in [0, 0.1) is 5.92 Å². The standard InChI is InChI=1S/C7H6N2.C4H10.C2H6.CH4/c1-2-6-9-7(3-1)4-5-8-9;1-4(2)3;1-2;/h1-6H;4H,1-3H3;1-2H3;1H4. The van der Waals surface area contributed by atoms with Crippen LogP contribution in [-0.4, -0.2) is 9.61 Å². The van der Waals surface area contributed by atoms with Crippen molar-refractivity contribution in [2.45, 2.75) is 42.0 Å². The third-order valence-electron chi connectivity index (χ3n) is 1.31. The summed E-state index contributed by atoms with van der Waals surface area (Å²) in [6, 6.07) is 7.95. The SMILES string of the molecule is C.CC.CC(C)C.c1ccn2nccc2c1. The van der Waals surface area contributed by atoms with Crippen molar-refractivity contribution in [3.63, 3.8) is 0 Å². The maximum absolute atomic E-state index is 4.04. The predicted molar refractivity (Wildman–Crippen MR) is 73.8 cm³/mol. The predicted octanol–water partition coefficient (Wildman–Crippen LogP) is 4.66. The first-order valence-electron chi connectivity index (χ1n) is 5.58. The Morgan fingerprint density at radius 2 is 1.62 bits per heavy atom. The fourth-order valence-electron chi connectivity index (χ4n) is 0.866. The number of nitrogens with zero attached hydrogens (tertiary/aromatic N) is 2. The van der Waals surface area contributed by atoms with Crippen LogP contribution >= 0.6 is 0 Å². The number of hydrogen-bond donors (Lipinski definition) is 0. The molecular formula is C14H26N2. The molecule has 0 saturated heterocycles. The van der Waals surface area contributed by atoms with Gasteiger partial charge in [0.1, 0.15) is 0 Å². The molecule has 2 aromatic heterocycles. The molecule has 2 heteroatoms. The van der Waals surface area contributed by atoms with E-state index in [2.05, 4.69) is 25.9 Å². The molecule has 2 rings (SSSR count). The molecule has 0 unspecified atom stereocenters. The maximum Gasteiger partial charge on any atom is 0.0661 e. The van der Waals surface area contributed by atoms with Crippen LogP contribution < -0.4 is 0 Å². The summed E-state index contributed by atoms with van der Waals surface area (Å²) in [5, 5.41) is 4.04. The third-order valence-corrected chi connectivity index (χ3v) is 1.31. The fraction of sp³-hybridized carbons (Fsp3) is 0.500. The second kappa shape index (κ2) is 10.2. The Balaban J connectivity index is 0. The summed E-state index contributed by atoms with van der Waals surface area (Å²) in [6.07, 6.45) is 3.71. The highest BCUT2D eigenvalue weighted by Gasteiger charge is 1.85. The molecule has 0 radical (unpaired) electrons. The molecule has 0 aromatic carbocycles. The van der Waals surface area contributed by atoms with Crippen molar-refractivity contribution in [1.29, 1.82) is 0 Å². The Hall–Kier alpha value is -1.31. The van der Waals surface area contributed by atoms with E-state index in [1.54, 1.807) is 6.20 Å². The first kappa shape index (κ1) is 17.1. The Morgan fingerprint density at radius 3 is 2.12 bits per heavy atom. The second-order valence-electron chi connectivity index (χ2n) is 3.63. The molecule has 92 valence electrons. The van der Waals surface area contributed by atoms with E-state index in [1.807, 2.05) is 48.8 Å². The second-order valence-corrected chi connectivity index (χ2v) is 3.63. The van der Waals surface area contributed by atoms with Gasteiger partial charge in [-0.15, -0.1) is 0 Å². The Labute approximate surface area is 100 Å². The van der Waals surface area contributed by atoms with E-state index in [0.717, 1.165) is 11.4 Å². The first-order chi connectivity index (χ1) is 7.20. The average Bonchev–Trinajstić information content (AvgIpc) is 2.67. The van der Waals surface area contributed by atoms with Crippen molar-refractivity contribution in [1.82, 2.24) is 9.61 Å². The minimum Gasteiger partial charge on any atom is -0.241 e. The summed E-state index contributed by atoms with van der Waals surface area (Å²) < 4.78 is 1.83. The molecule has 0 fully saturated rings. The zero-order valence-corrected chi connectivity index (χ0v) is 10.4. The van der Waals surface area contributed by atoms with Gasteiger partial charge in [0.05, 0.1) is 5.52 Å². The molecule has 2 heterocycles. The topological polar surface area (TPSA) is 17.3 Å². The summed E-state index contributed by atoms with van der Waals surface area (Å²) in [5.74, 6) is 0.833. The lowest BCUT2D eigenvalue weighted by atomic mass is 10.3. The van der Waals surface area contributed by atoms with Gasteiger partial charge in [0, 0.05) is 12.4 Å². The van der Waals surface area contributed by atoms with E-state index in [9.17, 15) is 0 Å². The summed E-state index contributed by atoms with van der Waals surface area (Å²) in [5.41, 5.74) is 1.14. The first-order valence-corrected chi connectivity index (χ1v) is 5.58. The van der Waals surface area contributed by atoms with Gasteiger partial charge in [-0.25, -0.2) is 4.52 Å². The third kappa shape index (κ3) is 7.04. The van der Waals surface area contributed by atoms with Gasteiger partial charge in [0.2, 0.25) is 0 Å². The molecule has 0 spiro atoms. The van der Waals surface area contributed by atoms with Crippen LogP contribution in [0.2, 0.25) is 0 Å². The van der Waals surface area contributed by atoms with Crippen molar-refractivity contribution < 1.29 is 0 Å². The molecule has 2 nitrogen and oxygen atoms in total. The van der Waals surface area contributed by atoms with Gasteiger partial charge in [-0.2, -0.15) is 5.10 Å². The van der Waals surface area contributed by atoms with Crippen LogP contribution in [-0.2, 0) is 0 Å². The van der Waals surface area contributed by atoms with Gasteiger partial charge >= 0.3 is 0 Å². The van der Waals surface area contributed by atoms with E-state index in [-0.39, 0.29) is 7.43 Å². The lowest BCUT2D eigenvalue weighted by Gasteiger charge is -1.86. The maximum atomic E-state index is 4.04. The zero-order chi connectivity index (χ0) is 11.7. The lowest BCUT2D eigenvalue weighted by Crippen LogP contribution is -1.81. The molecular weight excluding hydrogens is 196 g/mol. The smallest absolute Gasteiger partial charge is 0.0661 e. The number of hydrogen-bond acceptors (Lipinski definition) is 1. The molecule has 0 aliphatic rings. The van der Waals surface area contributed by atoms with Crippen molar-refractivity contribution in [3.8, 4) is 0 Å². The van der Waals surface area contributed by atoms with Crippen LogP contribution in [0.4, 0.5) is 0 Å². The van der Waals surface area contributed by atoms with Crippen LogP contribution in [0.1, 0.15) is 42.0 Å². The van der Waals surface area contributed by atoms with Gasteiger partial charge < -0.3 is 0 Å². The molecule has 0 saturated carbocycles. The van der Waals surface area contributed by atoms with Gasteiger partial charge in [-0.3, -0.25) is 0 Å². The van der Waals surface area contributed by atoms with E-state index < -0.39 is 0 Å². The van der Waals surface area contributed by atoms with Crippen molar-refractivity contribution >= 4 is 5.52 Å². The van der Waals surface area contributed by atoms with E-state index in [0.29, 0.717) is 0 Å². The highest BCUT2D eigenvalue weighted by Crippen LogP contribution is 1.98. The van der Waals surface area contributed by atoms with Crippen LogP contribution in [0.3, 0.4) is 0 Å². The van der Waals surface area contributed by atoms with Crippen LogP contribution in [0.15, 0.2) is 36.7 Å². The quantitative estimate of drug-likeness (QED) is 0.633. The van der Waals surface area contributed by atoms with Crippen molar-refractivity contribution in [2.75, 3.05) is 0 Å². The minimum atomic E-state index is 0. The highest BCUT2D eigenvalue weighted by atomic mass is 15.2. The summed E-state index contributed by atoms with van der Waals surface area (Å²) >= 11 is 0. The summed E-state index contributed by atoms with van der Waals surface area (Å²) in [7, 11) is 0. The van der Waals surface area contributed by atoms with Crippen molar-refractivity contribution in [2.24, 2.45) is 5.92 Å². The number of pyridine rings is 1. The summed E-state index contributed by atoms with van der Waals surface area (Å²) in [4.78, 5) is 0. The lowest BCUT2D eigenvalue weighted by molar-refractivity contribution is 0.737. The average molecular weight is 222 g/mol. The Bertz CT molecular complexity index is 317. The van der Waals surface area contributed by atoms with E-state index in [1.165, 1.54) is 0 Å². The largest absolute Gasteiger partial charge is 0.241 e. The number of rotatable bonds is 0. The Morgan fingerprint density at radius 1 is 1.06 bits per heavy atom. The fourth-order valence-corrected chi connectivity index (χ4v) is 0.866. The van der Waals surface area contributed by atoms with E-state index in [4.69, 9.17) is 0 Å². The molecule has 2 aromatic rings. The van der Waals surface area contributed by atoms with Crippen molar-refractivity contribution in [3.05, 3.63) is 36.7 Å². The molecule has 0 N–H and O–H groups in total. The molecule has 0 atom stereocenters. The zero-order valence-electron chi connectivity index (χ0n) is 10.4. The van der Waals surface area contributed by atoms with Gasteiger partial charge in [0.25, 0.3) is 0 Å². The Kier molecular flexibility index (Phi) is 10.9. The van der Waals surface area contributed by atoms with Gasteiger partial charge in [-0.05, 0) is 24.1 Å². The number of aromatic nitrogens is 2. The van der Waals surface area contributed by atoms with Crippen LogP contribution in [0.5, 0.6) is 0 Å². The number of fused-ring (bicyclic) bond motifs is 1. The summed E-state index contributed by atoms with van der Waals surface area (Å²) in [6.45, 7) is 10.5. The molecule has 16 heavy (non-hydrogen) atoms. The molecule has 0 bridgehead atoms. The molecule has 0 aliphatic heterocycles.